The molecule has 0 aromatic heterocycles. The van der Waals surface area contributed by atoms with Crippen molar-refractivity contribution in [2.24, 2.45) is 0 Å². The summed E-state index contributed by atoms with van der Waals surface area (Å²) < 4.78 is 1.12. The van der Waals surface area contributed by atoms with Gasteiger partial charge in [-0.15, -0.1) is 0 Å². The fourth-order valence-corrected chi connectivity index (χ4v) is 2.32. The summed E-state index contributed by atoms with van der Waals surface area (Å²) >= 11 is 3.47. The fraction of sp³-hybridized carbons (Fsp3) is 0.250. The Balaban J connectivity index is 1.78. The highest BCUT2D eigenvalue weighted by Crippen LogP contribution is 2.23. The molecule has 3 rings (SSSR count). The number of halogens is 1. The highest BCUT2D eigenvalue weighted by atomic mass is 79.9. The van der Waals surface area contributed by atoms with Crippen LogP contribution in [0.3, 0.4) is 0 Å². The van der Waals surface area contributed by atoms with Gasteiger partial charge in [0.15, 0.2) is 0 Å². The Labute approximate surface area is 116 Å². The predicted molar refractivity (Wildman–Crippen MR) is 79.4 cm³/mol. The Hall–Kier alpha value is -1.12. The fourth-order valence-electron chi connectivity index (χ4n) is 2.05. The maximum absolute atomic E-state index is 3.55. The van der Waals surface area contributed by atoms with Crippen molar-refractivity contribution in [3.05, 3.63) is 58.6 Å². The summed E-state index contributed by atoms with van der Waals surface area (Å²) in [6.45, 7) is 0.981. The first-order chi connectivity index (χ1) is 8.81. The summed E-state index contributed by atoms with van der Waals surface area (Å²) in [6.07, 6.45) is 2.68. The summed E-state index contributed by atoms with van der Waals surface area (Å²) in [7, 11) is 0. The van der Waals surface area contributed by atoms with Gasteiger partial charge in [0.1, 0.15) is 0 Å². The summed E-state index contributed by atoms with van der Waals surface area (Å²) in [6, 6.07) is 18.0. The zero-order chi connectivity index (χ0) is 12.4. The third kappa shape index (κ3) is 3.01. The average Bonchev–Trinajstić information content (AvgIpc) is 3.22. The van der Waals surface area contributed by atoms with Crippen molar-refractivity contribution < 1.29 is 0 Å². The smallest absolute Gasteiger partial charge is 0.0208 e. The van der Waals surface area contributed by atoms with Crippen molar-refractivity contribution in [3.8, 4) is 11.1 Å². The van der Waals surface area contributed by atoms with Gasteiger partial charge in [-0.3, -0.25) is 0 Å². The molecule has 1 aliphatic rings. The first-order valence-electron chi connectivity index (χ1n) is 6.39. The maximum Gasteiger partial charge on any atom is 0.0208 e. The van der Waals surface area contributed by atoms with Crippen LogP contribution >= 0.6 is 15.9 Å². The standard InChI is InChI=1S/C16H16BrN/c17-15-6-4-13(5-7-15)14-3-1-2-12(10-14)11-18-16-8-9-16/h1-7,10,16,18H,8-9,11H2. The molecule has 0 aliphatic heterocycles. The van der Waals surface area contributed by atoms with E-state index in [1.165, 1.54) is 29.5 Å². The minimum absolute atomic E-state index is 0.765. The molecule has 2 heteroatoms. The molecule has 18 heavy (non-hydrogen) atoms. The normalized spacial score (nSPS) is 14.7. The Kier molecular flexibility index (Phi) is 3.48. The van der Waals surface area contributed by atoms with E-state index in [0.717, 1.165) is 17.1 Å². The highest BCUT2D eigenvalue weighted by molar-refractivity contribution is 9.10. The van der Waals surface area contributed by atoms with Gasteiger partial charge in [0, 0.05) is 17.1 Å². The molecule has 1 fully saturated rings. The van der Waals surface area contributed by atoms with Crippen LogP contribution in [0.4, 0.5) is 0 Å². The second-order valence-electron chi connectivity index (χ2n) is 4.86. The van der Waals surface area contributed by atoms with E-state index in [9.17, 15) is 0 Å². The highest BCUT2D eigenvalue weighted by Gasteiger charge is 2.19. The first-order valence-corrected chi connectivity index (χ1v) is 7.19. The zero-order valence-corrected chi connectivity index (χ0v) is 11.8. The third-order valence-electron chi connectivity index (χ3n) is 3.28. The first kappa shape index (κ1) is 11.9. The van der Waals surface area contributed by atoms with Crippen LogP contribution in [0.2, 0.25) is 0 Å². The van der Waals surface area contributed by atoms with E-state index < -0.39 is 0 Å². The third-order valence-corrected chi connectivity index (χ3v) is 3.81. The molecule has 1 aliphatic carbocycles. The summed E-state index contributed by atoms with van der Waals surface area (Å²) in [5.41, 5.74) is 3.92. The van der Waals surface area contributed by atoms with Crippen LogP contribution in [-0.2, 0) is 6.54 Å². The molecule has 92 valence electrons. The molecule has 0 atom stereocenters. The van der Waals surface area contributed by atoms with Crippen molar-refractivity contribution in [2.75, 3.05) is 0 Å². The van der Waals surface area contributed by atoms with Gasteiger partial charge < -0.3 is 5.32 Å². The topological polar surface area (TPSA) is 12.0 Å². The second kappa shape index (κ2) is 5.25. The number of hydrogen-bond donors (Lipinski definition) is 1. The molecule has 0 unspecified atom stereocenters. The number of rotatable bonds is 4. The largest absolute Gasteiger partial charge is 0.310 e. The molecular formula is C16H16BrN. The predicted octanol–water partition coefficient (Wildman–Crippen LogP) is 4.37. The van der Waals surface area contributed by atoms with Crippen molar-refractivity contribution in [2.45, 2.75) is 25.4 Å². The summed E-state index contributed by atoms with van der Waals surface area (Å²) in [5.74, 6) is 0. The van der Waals surface area contributed by atoms with Crippen LogP contribution in [-0.4, -0.2) is 6.04 Å². The Morgan fingerprint density at radius 3 is 2.50 bits per heavy atom. The van der Waals surface area contributed by atoms with Crippen LogP contribution in [0.1, 0.15) is 18.4 Å². The lowest BCUT2D eigenvalue weighted by atomic mass is 10.0. The molecule has 2 aromatic rings. The maximum atomic E-state index is 3.55. The molecule has 0 amide bonds. The van der Waals surface area contributed by atoms with E-state index >= 15 is 0 Å². The Morgan fingerprint density at radius 2 is 1.78 bits per heavy atom. The Morgan fingerprint density at radius 1 is 1.00 bits per heavy atom. The average molecular weight is 302 g/mol. The van der Waals surface area contributed by atoms with E-state index in [1.807, 2.05) is 0 Å². The Bertz CT molecular complexity index is 529. The quantitative estimate of drug-likeness (QED) is 0.884. The second-order valence-corrected chi connectivity index (χ2v) is 5.78. The van der Waals surface area contributed by atoms with Gasteiger partial charge in [-0.25, -0.2) is 0 Å². The molecule has 0 heterocycles. The molecule has 0 bridgehead atoms. The molecule has 1 N–H and O–H groups in total. The summed E-state index contributed by atoms with van der Waals surface area (Å²) in [4.78, 5) is 0. The van der Waals surface area contributed by atoms with Crippen molar-refractivity contribution in [3.63, 3.8) is 0 Å². The van der Waals surface area contributed by atoms with Gasteiger partial charge in [0.05, 0.1) is 0 Å². The van der Waals surface area contributed by atoms with Crippen LogP contribution < -0.4 is 5.32 Å². The van der Waals surface area contributed by atoms with Crippen molar-refractivity contribution in [1.29, 1.82) is 0 Å². The van der Waals surface area contributed by atoms with E-state index in [4.69, 9.17) is 0 Å². The van der Waals surface area contributed by atoms with E-state index in [-0.39, 0.29) is 0 Å². The van der Waals surface area contributed by atoms with Crippen LogP contribution in [0.15, 0.2) is 53.0 Å². The molecule has 0 spiro atoms. The summed E-state index contributed by atoms with van der Waals surface area (Å²) in [5, 5.41) is 3.55. The lowest BCUT2D eigenvalue weighted by molar-refractivity contribution is 0.688. The zero-order valence-electron chi connectivity index (χ0n) is 10.2. The van der Waals surface area contributed by atoms with E-state index in [2.05, 4.69) is 69.8 Å². The SMILES string of the molecule is Brc1ccc(-c2cccc(CNC3CC3)c2)cc1. The lowest BCUT2D eigenvalue weighted by Crippen LogP contribution is -2.15. The van der Waals surface area contributed by atoms with Crippen LogP contribution in [0, 0.1) is 0 Å². The molecule has 1 saturated carbocycles. The van der Waals surface area contributed by atoms with Gasteiger partial charge in [-0.2, -0.15) is 0 Å². The molecule has 1 nitrogen and oxygen atoms in total. The van der Waals surface area contributed by atoms with Crippen molar-refractivity contribution in [1.82, 2.24) is 5.32 Å². The van der Waals surface area contributed by atoms with Crippen molar-refractivity contribution >= 4 is 15.9 Å². The van der Waals surface area contributed by atoms with Crippen LogP contribution in [0.5, 0.6) is 0 Å². The molecule has 2 aromatic carbocycles. The number of hydrogen-bond acceptors (Lipinski definition) is 1. The minimum Gasteiger partial charge on any atom is -0.310 e. The molecule has 0 radical (unpaired) electrons. The van der Waals surface area contributed by atoms with Gasteiger partial charge in [-0.1, -0.05) is 46.3 Å². The minimum atomic E-state index is 0.765. The monoisotopic (exact) mass is 301 g/mol. The van der Waals surface area contributed by atoms with Gasteiger partial charge in [-0.05, 0) is 47.7 Å². The van der Waals surface area contributed by atoms with Gasteiger partial charge >= 0.3 is 0 Å². The van der Waals surface area contributed by atoms with Crippen LogP contribution in [0.25, 0.3) is 11.1 Å². The van der Waals surface area contributed by atoms with E-state index in [0.29, 0.717) is 0 Å². The molecule has 0 saturated heterocycles. The van der Waals surface area contributed by atoms with E-state index in [1.54, 1.807) is 0 Å². The van der Waals surface area contributed by atoms with Gasteiger partial charge in [0.2, 0.25) is 0 Å². The molecular weight excluding hydrogens is 286 g/mol. The van der Waals surface area contributed by atoms with Gasteiger partial charge in [0.25, 0.3) is 0 Å². The lowest BCUT2D eigenvalue weighted by Gasteiger charge is -2.07. The number of nitrogens with one attached hydrogen (secondary N) is 1. The number of benzene rings is 2.